The fraction of sp³-hybridized carbons (Fsp3) is 0.586. The molecule has 1 aliphatic heterocycles. The van der Waals surface area contributed by atoms with Crippen LogP contribution in [-0.4, -0.2) is 30.6 Å². The van der Waals surface area contributed by atoms with Crippen molar-refractivity contribution in [3.63, 3.8) is 0 Å². The molecule has 5 rings (SSSR count). The molecule has 1 heterocycles. The van der Waals surface area contributed by atoms with Crippen LogP contribution in [0.1, 0.15) is 78.1 Å². The molecule has 4 heteroatoms. The second-order valence-electron chi connectivity index (χ2n) is 10.1. The zero-order valence-corrected chi connectivity index (χ0v) is 21.4. The standard InChI is InChI=1S/C29H39O3P/c1-20-21(2)32-26-18-11-19-27(29(26)28-24(30-3)16-10-17-25(28)31-20)33(22-12-6-4-7-13-22)23-14-8-5-9-15-23/h10-11,16-23H,4-9,12-15H2,1-3H3/t20-,21-/m0/s1. The Kier molecular flexibility index (Phi) is 7.16. The molecule has 0 unspecified atom stereocenters. The van der Waals surface area contributed by atoms with E-state index >= 15 is 0 Å². The maximum absolute atomic E-state index is 6.60. The molecule has 0 radical (unpaired) electrons. The van der Waals surface area contributed by atoms with Crippen LogP contribution < -0.4 is 19.5 Å². The van der Waals surface area contributed by atoms with Gasteiger partial charge in [0.15, 0.2) is 0 Å². The van der Waals surface area contributed by atoms with E-state index in [0.717, 1.165) is 34.1 Å². The van der Waals surface area contributed by atoms with Gasteiger partial charge in [-0.05, 0) is 74.4 Å². The van der Waals surface area contributed by atoms with Gasteiger partial charge in [0.2, 0.25) is 0 Å². The smallest absolute Gasteiger partial charge is 0.132 e. The molecule has 33 heavy (non-hydrogen) atoms. The third kappa shape index (κ3) is 4.63. The zero-order valence-electron chi connectivity index (χ0n) is 20.5. The van der Waals surface area contributed by atoms with E-state index in [9.17, 15) is 0 Å². The summed E-state index contributed by atoms with van der Waals surface area (Å²) < 4.78 is 19.0. The van der Waals surface area contributed by atoms with Crippen LogP contribution in [0.2, 0.25) is 0 Å². The van der Waals surface area contributed by atoms with Crippen molar-refractivity contribution in [2.45, 2.75) is 102 Å². The number of hydrogen-bond acceptors (Lipinski definition) is 3. The van der Waals surface area contributed by atoms with Crippen molar-refractivity contribution in [3.05, 3.63) is 36.4 Å². The Morgan fingerprint density at radius 2 is 1.21 bits per heavy atom. The molecular weight excluding hydrogens is 427 g/mol. The lowest BCUT2D eigenvalue weighted by Crippen LogP contribution is -2.34. The highest BCUT2D eigenvalue weighted by Crippen LogP contribution is 2.58. The highest BCUT2D eigenvalue weighted by molar-refractivity contribution is 7.67. The average Bonchev–Trinajstić information content (AvgIpc) is 2.85. The van der Waals surface area contributed by atoms with Crippen LogP contribution >= 0.6 is 7.92 Å². The molecule has 2 fully saturated rings. The van der Waals surface area contributed by atoms with Crippen LogP contribution in [0.25, 0.3) is 11.1 Å². The van der Waals surface area contributed by atoms with Gasteiger partial charge in [0.05, 0.1) is 12.7 Å². The number of fused-ring (bicyclic) bond motifs is 3. The van der Waals surface area contributed by atoms with Gasteiger partial charge < -0.3 is 14.2 Å². The van der Waals surface area contributed by atoms with Crippen molar-refractivity contribution >= 4 is 13.2 Å². The Labute approximate surface area is 201 Å². The molecule has 0 amide bonds. The number of hydrogen-bond donors (Lipinski definition) is 0. The Bertz CT molecular complexity index is 928. The maximum Gasteiger partial charge on any atom is 0.132 e. The van der Waals surface area contributed by atoms with Gasteiger partial charge in [0, 0.05) is 5.56 Å². The molecule has 0 N–H and O–H groups in total. The van der Waals surface area contributed by atoms with Gasteiger partial charge in [-0.3, -0.25) is 0 Å². The van der Waals surface area contributed by atoms with E-state index in [1.54, 1.807) is 7.11 Å². The van der Waals surface area contributed by atoms with E-state index < -0.39 is 0 Å². The van der Waals surface area contributed by atoms with Crippen LogP contribution in [0.5, 0.6) is 17.2 Å². The topological polar surface area (TPSA) is 27.7 Å². The monoisotopic (exact) mass is 466 g/mol. The van der Waals surface area contributed by atoms with Crippen LogP contribution in [0.3, 0.4) is 0 Å². The molecule has 0 saturated heterocycles. The van der Waals surface area contributed by atoms with E-state index in [1.165, 1.54) is 75.1 Å². The highest BCUT2D eigenvalue weighted by Gasteiger charge is 2.36. The predicted molar refractivity (Wildman–Crippen MR) is 139 cm³/mol. The van der Waals surface area contributed by atoms with Gasteiger partial charge in [0.1, 0.15) is 29.5 Å². The fourth-order valence-corrected chi connectivity index (χ4v) is 10.1. The van der Waals surface area contributed by atoms with E-state index in [0.29, 0.717) is 0 Å². The molecule has 2 aromatic rings. The van der Waals surface area contributed by atoms with Gasteiger partial charge in [-0.15, -0.1) is 0 Å². The van der Waals surface area contributed by atoms with Crippen molar-refractivity contribution in [1.82, 2.24) is 0 Å². The van der Waals surface area contributed by atoms with Crippen LogP contribution in [0.15, 0.2) is 36.4 Å². The lowest BCUT2D eigenvalue weighted by atomic mass is 9.99. The molecule has 2 saturated carbocycles. The molecule has 178 valence electrons. The van der Waals surface area contributed by atoms with Crippen molar-refractivity contribution in [1.29, 1.82) is 0 Å². The van der Waals surface area contributed by atoms with Gasteiger partial charge >= 0.3 is 0 Å². The summed E-state index contributed by atoms with van der Waals surface area (Å²) in [5.74, 6) is 2.81. The Morgan fingerprint density at radius 3 is 1.76 bits per heavy atom. The molecule has 3 nitrogen and oxygen atoms in total. The average molecular weight is 467 g/mol. The SMILES string of the molecule is COc1cccc2c1-c1c(cccc1P(C1CCCCC1)C1CCCCC1)O[C@@H](C)[C@H](C)O2. The summed E-state index contributed by atoms with van der Waals surface area (Å²) >= 11 is 0. The summed E-state index contributed by atoms with van der Waals surface area (Å²) in [6, 6.07) is 13.1. The molecule has 0 aromatic heterocycles. The van der Waals surface area contributed by atoms with E-state index in [1.807, 2.05) is 6.07 Å². The summed E-state index contributed by atoms with van der Waals surface area (Å²) in [4.78, 5) is 0. The third-order valence-corrected chi connectivity index (χ3v) is 11.5. The van der Waals surface area contributed by atoms with Crippen LogP contribution in [0, 0.1) is 0 Å². The lowest BCUT2D eigenvalue weighted by molar-refractivity contribution is 0.0759. The minimum absolute atomic E-state index is 0.0195. The van der Waals surface area contributed by atoms with Gasteiger partial charge in [-0.2, -0.15) is 0 Å². The molecule has 0 bridgehead atoms. The Balaban J connectivity index is 1.71. The van der Waals surface area contributed by atoms with E-state index in [2.05, 4.69) is 44.2 Å². The summed E-state index contributed by atoms with van der Waals surface area (Å²) in [6.07, 6.45) is 13.8. The summed E-state index contributed by atoms with van der Waals surface area (Å²) in [5, 5.41) is 1.53. The maximum atomic E-state index is 6.60. The largest absolute Gasteiger partial charge is 0.496 e. The first-order valence-corrected chi connectivity index (χ1v) is 14.6. The van der Waals surface area contributed by atoms with E-state index in [4.69, 9.17) is 14.2 Å². The quantitative estimate of drug-likeness (QED) is 0.433. The number of benzene rings is 2. The number of methoxy groups -OCH3 is 1. The Morgan fingerprint density at radius 1 is 0.697 bits per heavy atom. The van der Waals surface area contributed by atoms with Gasteiger partial charge in [0.25, 0.3) is 0 Å². The first kappa shape index (κ1) is 23.0. The first-order valence-electron chi connectivity index (χ1n) is 13.1. The van der Waals surface area contributed by atoms with Crippen molar-refractivity contribution in [3.8, 4) is 28.4 Å². The molecule has 2 aliphatic carbocycles. The van der Waals surface area contributed by atoms with E-state index in [-0.39, 0.29) is 20.1 Å². The minimum Gasteiger partial charge on any atom is -0.496 e. The molecule has 3 aliphatic rings. The molecular formula is C29H39O3P. The molecule has 2 aromatic carbocycles. The lowest BCUT2D eigenvalue weighted by Gasteiger charge is -2.40. The minimum atomic E-state index is -0.286. The second kappa shape index (κ2) is 10.3. The van der Waals surface area contributed by atoms with Crippen molar-refractivity contribution in [2.24, 2.45) is 0 Å². The predicted octanol–water partition coefficient (Wildman–Crippen LogP) is 7.68. The summed E-state index contributed by atoms with van der Waals surface area (Å²) in [6.45, 7) is 4.22. The van der Waals surface area contributed by atoms with Crippen molar-refractivity contribution < 1.29 is 14.2 Å². The van der Waals surface area contributed by atoms with Gasteiger partial charge in [-0.25, -0.2) is 0 Å². The number of rotatable bonds is 4. The van der Waals surface area contributed by atoms with Gasteiger partial charge in [-0.1, -0.05) is 64.6 Å². The summed E-state index contributed by atoms with van der Waals surface area (Å²) in [5.41, 5.74) is 3.97. The van der Waals surface area contributed by atoms with Crippen LogP contribution in [0.4, 0.5) is 0 Å². The first-order chi connectivity index (χ1) is 16.2. The third-order valence-electron chi connectivity index (χ3n) is 7.96. The normalized spacial score (nSPS) is 24.1. The van der Waals surface area contributed by atoms with Crippen molar-refractivity contribution in [2.75, 3.05) is 7.11 Å². The molecule has 0 spiro atoms. The fourth-order valence-electron chi connectivity index (χ4n) is 6.11. The second-order valence-corrected chi connectivity index (χ2v) is 12.9. The molecule has 2 atom stereocenters. The summed E-state index contributed by atoms with van der Waals surface area (Å²) in [7, 11) is 1.49. The van der Waals surface area contributed by atoms with Crippen LogP contribution in [-0.2, 0) is 0 Å². The Hall–Kier alpha value is -1.73. The zero-order chi connectivity index (χ0) is 22.8. The number of ether oxygens (including phenoxy) is 3. The highest BCUT2D eigenvalue weighted by atomic mass is 31.1.